The third-order valence-corrected chi connectivity index (χ3v) is 2.42. The lowest BCUT2D eigenvalue weighted by atomic mass is 10.1. The van der Waals surface area contributed by atoms with Gasteiger partial charge >= 0.3 is 0 Å². The molecular formula is C12H27NO. The van der Waals surface area contributed by atoms with Gasteiger partial charge in [-0.3, -0.25) is 0 Å². The van der Waals surface area contributed by atoms with E-state index in [2.05, 4.69) is 13.8 Å². The molecule has 14 heavy (non-hydrogen) atoms. The summed E-state index contributed by atoms with van der Waals surface area (Å²) in [6.45, 7) is 5.23. The van der Waals surface area contributed by atoms with Crippen molar-refractivity contribution in [2.45, 2.75) is 71.4 Å². The first-order valence-electron chi connectivity index (χ1n) is 6.18. The molecule has 0 aromatic carbocycles. The average Bonchev–Trinajstić information content (AvgIpc) is 2.18. The molecule has 0 saturated carbocycles. The minimum absolute atomic E-state index is 0.0248. The predicted octanol–water partition coefficient (Wildman–Crippen LogP) is 3.45. The summed E-state index contributed by atoms with van der Waals surface area (Å²) in [5.41, 5.74) is 5.81. The summed E-state index contributed by atoms with van der Waals surface area (Å²) in [5.74, 6) is 0. The second-order valence-electron chi connectivity index (χ2n) is 3.97. The molecule has 2 heteroatoms. The van der Waals surface area contributed by atoms with E-state index < -0.39 is 0 Å². The lowest BCUT2D eigenvalue weighted by Crippen LogP contribution is -2.24. The van der Waals surface area contributed by atoms with Crippen molar-refractivity contribution in [1.29, 1.82) is 0 Å². The van der Waals surface area contributed by atoms with Crippen LogP contribution in [0.1, 0.15) is 65.2 Å². The molecule has 2 nitrogen and oxygen atoms in total. The van der Waals surface area contributed by atoms with Crippen LogP contribution in [0.15, 0.2) is 0 Å². The van der Waals surface area contributed by atoms with Crippen molar-refractivity contribution in [3.05, 3.63) is 0 Å². The first-order chi connectivity index (χ1) is 6.81. The van der Waals surface area contributed by atoms with Gasteiger partial charge in [-0.1, -0.05) is 46.0 Å². The van der Waals surface area contributed by atoms with Crippen LogP contribution >= 0.6 is 0 Å². The number of hydrogen-bond donors (Lipinski definition) is 1. The van der Waals surface area contributed by atoms with Gasteiger partial charge in [0.15, 0.2) is 0 Å². The molecule has 0 aliphatic heterocycles. The summed E-state index contributed by atoms with van der Waals surface area (Å²) in [5, 5.41) is 0. The molecule has 0 spiro atoms. The van der Waals surface area contributed by atoms with E-state index in [9.17, 15) is 0 Å². The van der Waals surface area contributed by atoms with Gasteiger partial charge in [0.05, 0.1) is 0 Å². The van der Waals surface area contributed by atoms with Gasteiger partial charge < -0.3 is 10.5 Å². The first kappa shape index (κ1) is 13.9. The molecule has 0 radical (unpaired) electrons. The Bertz CT molecular complexity index is 106. The molecule has 86 valence electrons. The van der Waals surface area contributed by atoms with Gasteiger partial charge in [0, 0.05) is 6.61 Å². The summed E-state index contributed by atoms with van der Waals surface area (Å²) in [7, 11) is 0. The normalized spacial score (nSPS) is 13.1. The molecule has 0 aliphatic carbocycles. The van der Waals surface area contributed by atoms with Crippen molar-refractivity contribution in [1.82, 2.24) is 0 Å². The second-order valence-corrected chi connectivity index (χ2v) is 3.97. The molecular weight excluding hydrogens is 174 g/mol. The molecule has 0 aromatic heterocycles. The van der Waals surface area contributed by atoms with Crippen LogP contribution in [-0.4, -0.2) is 12.8 Å². The summed E-state index contributed by atoms with van der Waals surface area (Å²) in [4.78, 5) is 0. The highest BCUT2D eigenvalue weighted by Crippen LogP contribution is 2.07. The lowest BCUT2D eigenvalue weighted by molar-refractivity contribution is 0.0483. The van der Waals surface area contributed by atoms with E-state index in [-0.39, 0.29) is 6.23 Å². The highest BCUT2D eigenvalue weighted by molar-refractivity contribution is 4.50. The van der Waals surface area contributed by atoms with Crippen LogP contribution in [0.5, 0.6) is 0 Å². The molecule has 0 amide bonds. The van der Waals surface area contributed by atoms with Crippen LogP contribution in [0.2, 0.25) is 0 Å². The molecule has 1 unspecified atom stereocenters. The fraction of sp³-hybridized carbons (Fsp3) is 1.00. The Morgan fingerprint density at radius 1 is 0.929 bits per heavy atom. The van der Waals surface area contributed by atoms with E-state index in [0.29, 0.717) is 0 Å². The van der Waals surface area contributed by atoms with Gasteiger partial charge in [-0.25, -0.2) is 0 Å². The van der Waals surface area contributed by atoms with Crippen LogP contribution in [-0.2, 0) is 4.74 Å². The molecule has 0 aromatic rings. The number of nitrogens with two attached hydrogens (primary N) is 1. The molecule has 0 heterocycles. The number of ether oxygens (including phenoxy) is 1. The maximum atomic E-state index is 5.81. The third-order valence-electron chi connectivity index (χ3n) is 2.42. The summed E-state index contributed by atoms with van der Waals surface area (Å²) >= 11 is 0. The van der Waals surface area contributed by atoms with Crippen molar-refractivity contribution in [3.8, 4) is 0 Å². The number of rotatable bonds is 10. The summed E-state index contributed by atoms with van der Waals surface area (Å²) in [6.07, 6.45) is 9.83. The zero-order chi connectivity index (χ0) is 10.6. The molecule has 0 aliphatic rings. The third kappa shape index (κ3) is 10.0. The maximum absolute atomic E-state index is 5.81. The van der Waals surface area contributed by atoms with Crippen LogP contribution in [0.3, 0.4) is 0 Å². The smallest absolute Gasteiger partial charge is 0.105 e. The van der Waals surface area contributed by atoms with Crippen molar-refractivity contribution in [2.75, 3.05) is 6.61 Å². The van der Waals surface area contributed by atoms with Gasteiger partial charge in [0.2, 0.25) is 0 Å². The zero-order valence-corrected chi connectivity index (χ0v) is 9.93. The van der Waals surface area contributed by atoms with E-state index in [1.807, 2.05) is 0 Å². The van der Waals surface area contributed by atoms with E-state index in [0.717, 1.165) is 19.4 Å². The Balaban J connectivity index is 3.06. The molecule has 0 bridgehead atoms. The van der Waals surface area contributed by atoms with Gasteiger partial charge in [0.1, 0.15) is 6.23 Å². The van der Waals surface area contributed by atoms with E-state index >= 15 is 0 Å². The standard InChI is InChI=1S/C12H27NO/c1-3-5-7-8-9-10-12(13)14-11-6-4-2/h12H,3-11,13H2,1-2H3. The fourth-order valence-corrected chi connectivity index (χ4v) is 1.41. The Labute approximate surface area is 89.2 Å². The van der Waals surface area contributed by atoms with Crippen LogP contribution < -0.4 is 5.73 Å². The monoisotopic (exact) mass is 201 g/mol. The molecule has 0 saturated heterocycles. The number of hydrogen-bond acceptors (Lipinski definition) is 2. The molecule has 0 fully saturated rings. The van der Waals surface area contributed by atoms with E-state index in [1.54, 1.807) is 0 Å². The molecule has 1 atom stereocenters. The van der Waals surface area contributed by atoms with E-state index in [1.165, 1.54) is 38.5 Å². The minimum Gasteiger partial charge on any atom is -0.364 e. The largest absolute Gasteiger partial charge is 0.364 e. The van der Waals surface area contributed by atoms with Gasteiger partial charge in [-0.2, -0.15) is 0 Å². The second kappa shape index (κ2) is 11.0. The van der Waals surface area contributed by atoms with Crippen LogP contribution in [0.25, 0.3) is 0 Å². The van der Waals surface area contributed by atoms with Gasteiger partial charge in [-0.05, 0) is 19.3 Å². The predicted molar refractivity (Wildman–Crippen MR) is 62.2 cm³/mol. The maximum Gasteiger partial charge on any atom is 0.105 e. The Morgan fingerprint density at radius 3 is 2.21 bits per heavy atom. The summed E-state index contributed by atoms with van der Waals surface area (Å²) < 4.78 is 5.47. The minimum atomic E-state index is -0.0248. The molecule has 0 rings (SSSR count). The summed E-state index contributed by atoms with van der Waals surface area (Å²) in [6, 6.07) is 0. The quantitative estimate of drug-likeness (QED) is 0.434. The first-order valence-corrected chi connectivity index (χ1v) is 6.18. The van der Waals surface area contributed by atoms with Crippen LogP contribution in [0, 0.1) is 0 Å². The highest BCUT2D eigenvalue weighted by atomic mass is 16.5. The Morgan fingerprint density at radius 2 is 1.57 bits per heavy atom. The highest BCUT2D eigenvalue weighted by Gasteiger charge is 2.01. The lowest BCUT2D eigenvalue weighted by Gasteiger charge is -2.12. The topological polar surface area (TPSA) is 35.2 Å². The fourth-order valence-electron chi connectivity index (χ4n) is 1.41. The van der Waals surface area contributed by atoms with Crippen LogP contribution in [0.4, 0.5) is 0 Å². The SMILES string of the molecule is CCCCCCCC(N)OCCCC. The number of unbranched alkanes of at least 4 members (excludes halogenated alkanes) is 5. The zero-order valence-electron chi connectivity index (χ0n) is 9.93. The Kier molecular flexibility index (Phi) is 10.9. The molecule has 2 N–H and O–H groups in total. The van der Waals surface area contributed by atoms with Crippen molar-refractivity contribution in [3.63, 3.8) is 0 Å². The van der Waals surface area contributed by atoms with Crippen molar-refractivity contribution < 1.29 is 4.74 Å². The van der Waals surface area contributed by atoms with Gasteiger partial charge in [0.25, 0.3) is 0 Å². The van der Waals surface area contributed by atoms with Gasteiger partial charge in [-0.15, -0.1) is 0 Å². The van der Waals surface area contributed by atoms with Crippen molar-refractivity contribution >= 4 is 0 Å². The Hall–Kier alpha value is -0.0800. The van der Waals surface area contributed by atoms with E-state index in [4.69, 9.17) is 10.5 Å². The average molecular weight is 201 g/mol. The van der Waals surface area contributed by atoms with Crippen molar-refractivity contribution in [2.24, 2.45) is 5.73 Å².